The highest BCUT2D eigenvalue weighted by atomic mass is 35.5. The number of aromatic carboxylic acids is 1. The number of carboxylic acids is 1. The van der Waals surface area contributed by atoms with Gasteiger partial charge in [0, 0.05) is 16.1 Å². The molecule has 8 nitrogen and oxygen atoms in total. The molecule has 30 heavy (non-hydrogen) atoms. The lowest BCUT2D eigenvalue weighted by molar-refractivity contribution is -0.719. The van der Waals surface area contributed by atoms with Crippen LogP contribution in [0.1, 0.15) is 22.8 Å². The fourth-order valence-electron chi connectivity index (χ4n) is 2.68. The van der Waals surface area contributed by atoms with E-state index in [2.05, 4.69) is 20.7 Å². The second-order valence-electron chi connectivity index (χ2n) is 6.06. The predicted octanol–water partition coefficient (Wildman–Crippen LogP) is 1.64. The molecule has 0 saturated carbocycles. The molecule has 0 fully saturated rings. The lowest BCUT2D eigenvalue weighted by Crippen LogP contribution is -2.36. The van der Waals surface area contributed by atoms with Gasteiger partial charge in [0.15, 0.2) is 0 Å². The van der Waals surface area contributed by atoms with Crippen LogP contribution >= 0.6 is 23.4 Å². The summed E-state index contributed by atoms with van der Waals surface area (Å²) in [6.45, 7) is 2.65. The highest BCUT2D eigenvalue weighted by molar-refractivity contribution is 7.99. The van der Waals surface area contributed by atoms with Crippen LogP contribution in [0.25, 0.3) is 11.4 Å². The van der Waals surface area contributed by atoms with Crippen molar-refractivity contribution in [3.8, 4) is 11.4 Å². The van der Waals surface area contributed by atoms with Gasteiger partial charge < -0.3 is 9.90 Å². The standard InChI is InChI=1S/C20H18ClN5O3S/c1-2-26-18(13-7-9-15(21)10-8-13)24-25-20(26)30-12-17(27)23-22-11-14-5-3-4-6-16(14)19(28)29/h3-11H,2,12H2,1H3,(H2,23,27,28,29)/b22-11+. The SMILES string of the molecule is CC[n+]1c(SCC(=O)N/N=C/c2ccccc2C(=O)[O-])n[nH]c1-c1ccc(Cl)cc1. The molecule has 0 atom stereocenters. The molecule has 10 heteroatoms. The molecule has 2 N–H and O–H groups in total. The van der Waals surface area contributed by atoms with Crippen molar-refractivity contribution in [2.45, 2.75) is 18.6 Å². The number of nitrogens with one attached hydrogen (secondary N) is 2. The number of carboxylic acid groups (broad SMARTS) is 1. The molecular weight excluding hydrogens is 426 g/mol. The van der Waals surface area contributed by atoms with E-state index in [0.29, 0.717) is 22.3 Å². The Hall–Kier alpha value is -3.17. The molecule has 2 aromatic carbocycles. The number of hydrazone groups is 1. The topological polar surface area (TPSA) is 114 Å². The Morgan fingerprint density at radius 2 is 2.00 bits per heavy atom. The van der Waals surface area contributed by atoms with Crippen LogP contribution in [0.2, 0.25) is 5.02 Å². The lowest BCUT2D eigenvalue weighted by Gasteiger charge is -2.05. The lowest BCUT2D eigenvalue weighted by atomic mass is 10.1. The molecule has 3 aromatic rings. The summed E-state index contributed by atoms with van der Waals surface area (Å²) in [4.78, 5) is 23.2. The minimum absolute atomic E-state index is 0.000105. The number of benzene rings is 2. The molecule has 1 aromatic heterocycles. The zero-order chi connectivity index (χ0) is 21.5. The van der Waals surface area contributed by atoms with Crippen LogP contribution in [0.15, 0.2) is 58.8 Å². The first-order valence-corrected chi connectivity index (χ1v) is 10.3. The van der Waals surface area contributed by atoms with Gasteiger partial charge in [-0.3, -0.25) is 4.79 Å². The van der Waals surface area contributed by atoms with Crippen molar-refractivity contribution in [2.75, 3.05) is 5.75 Å². The van der Waals surface area contributed by atoms with Gasteiger partial charge in [-0.25, -0.2) is 9.99 Å². The van der Waals surface area contributed by atoms with Crippen molar-refractivity contribution in [1.29, 1.82) is 0 Å². The zero-order valence-corrected chi connectivity index (χ0v) is 17.5. The van der Waals surface area contributed by atoms with Gasteiger partial charge in [-0.05, 0) is 43.0 Å². The quantitative estimate of drug-likeness (QED) is 0.238. The summed E-state index contributed by atoms with van der Waals surface area (Å²) in [5.41, 5.74) is 3.66. The second kappa shape index (κ2) is 10.0. The molecule has 0 unspecified atom stereocenters. The minimum Gasteiger partial charge on any atom is -0.545 e. The van der Waals surface area contributed by atoms with E-state index in [1.807, 2.05) is 23.6 Å². The Balaban J connectivity index is 1.61. The number of nitrogens with zero attached hydrogens (tertiary/aromatic N) is 3. The maximum Gasteiger partial charge on any atom is 0.337 e. The number of carbonyl (C=O) groups excluding carboxylic acids is 2. The molecule has 0 bridgehead atoms. The van der Waals surface area contributed by atoms with Crippen LogP contribution in [0.3, 0.4) is 0 Å². The van der Waals surface area contributed by atoms with Gasteiger partial charge in [0.1, 0.15) is 0 Å². The van der Waals surface area contributed by atoms with Crippen molar-refractivity contribution in [3.05, 3.63) is 64.7 Å². The Labute approximate surface area is 182 Å². The Morgan fingerprint density at radius 3 is 2.70 bits per heavy atom. The Bertz CT molecular complexity index is 1080. The largest absolute Gasteiger partial charge is 0.545 e. The fourth-order valence-corrected chi connectivity index (χ4v) is 3.62. The van der Waals surface area contributed by atoms with Crippen molar-refractivity contribution in [2.24, 2.45) is 5.10 Å². The number of hydrogen-bond donors (Lipinski definition) is 2. The molecule has 0 aliphatic heterocycles. The summed E-state index contributed by atoms with van der Waals surface area (Å²) >= 11 is 7.20. The maximum atomic E-state index is 12.1. The first-order valence-electron chi connectivity index (χ1n) is 8.98. The molecule has 3 rings (SSSR count). The zero-order valence-electron chi connectivity index (χ0n) is 16.0. The smallest absolute Gasteiger partial charge is 0.337 e. The van der Waals surface area contributed by atoms with Crippen LogP contribution in [-0.4, -0.2) is 34.0 Å². The molecule has 1 heterocycles. The van der Waals surface area contributed by atoms with Crippen LogP contribution in [0.4, 0.5) is 0 Å². The normalized spacial score (nSPS) is 11.0. The number of rotatable bonds is 8. The monoisotopic (exact) mass is 443 g/mol. The molecule has 0 spiro atoms. The van der Waals surface area contributed by atoms with E-state index in [9.17, 15) is 14.7 Å². The number of thioether (sulfide) groups is 1. The molecule has 0 radical (unpaired) electrons. The first kappa shape index (κ1) is 21.5. The number of hydrogen-bond acceptors (Lipinski definition) is 6. The molecule has 1 amide bonds. The van der Waals surface area contributed by atoms with Crippen molar-refractivity contribution in [3.63, 3.8) is 0 Å². The number of halogens is 1. The summed E-state index contributed by atoms with van der Waals surface area (Å²) in [6.07, 6.45) is 1.27. The van der Waals surface area contributed by atoms with Gasteiger partial charge in [-0.1, -0.05) is 35.9 Å². The van der Waals surface area contributed by atoms with Crippen molar-refractivity contribution >= 4 is 41.5 Å². The minimum atomic E-state index is -1.31. The third-order valence-electron chi connectivity index (χ3n) is 4.10. The van der Waals surface area contributed by atoms with E-state index in [1.165, 1.54) is 24.0 Å². The Kier molecular flexibility index (Phi) is 7.21. The summed E-state index contributed by atoms with van der Waals surface area (Å²) in [6, 6.07) is 13.6. The summed E-state index contributed by atoms with van der Waals surface area (Å²) in [5, 5.41) is 23.5. The number of carbonyl (C=O) groups is 2. The number of aromatic nitrogens is 3. The van der Waals surface area contributed by atoms with Crippen LogP contribution in [0, 0.1) is 0 Å². The summed E-state index contributed by atoms with van der Waals surface area (Å²) < 4.78 is 1.96. The van der Waals surface area contributed by atoms with E-state index in [4.69, 9.17) is 11.6 Å². The Morgan fingerprint density at radius 1 is 1.27 bits per heavy atom. The van der Waals surface area contributed by atoms with E-state index in [-0.39, 0.29) is 17.2 Å². The number of H-pyrrole nitrogens is 1. The van der Waals surface area contributed by atoms with Gasteiger partial charge in [0.05, 0.1) is 35.1 Å². The van der Waals surface area contributed by atoms with E-state index < -0.39 is 5.97 Å². The summed E-state index contributed by atoms with van der Waals surface area (Å²) in [7, 11) is 0. The molecule has 0 saturated heterocycles. The van der Waals surface area contributed by atoms with Gasteiger partial charge >= 0.3 is 5.16 Å². The highest BCUT2D eigenvalue weighted by Crippen LogP contribution is 2.19. The van der Waals surface area contributed by atoms with Gasteiger partial charge in [0.25, 0.3) is 11.7 Å². The molecule has 154 valence electrons. The van der Waals surface area contributed by atoms with Crippen molar-refractivity contribution < 1.29 is 19.3 Å². The van der Waals surface area contributed by atoms with Crippen LogP contribution < -0.4 is 15.1 Å². The molecular formula is C20H18ClN5O3S. The highest BCUT2D eigenvalue weighted by Gasteiger charge is 2.21. The van der Waals surface area contributed by atoms with Crippen LogP contribution in [-0.2, 0) is 11.3 Å². The van der Waals surface area contributed by atoms with E-state index in [1.54, 1.807) is 30.3 Å². The second-order valence-corrected chi connectivity index (χ2v) is 7.44. The third-order valence-corrected chi connectivity index (χ3v) is 5.33. The first-order chi connectivity index (χ1) is 14.5. The van der Waals surface area contributed by atoms with Gasteiger partial charge in [-0.15, -0.1) is 5.10 Å². The van der Waals surface area contributed by atoms with E-state index in [0.717, 1.165) is 11.4 Å². The summed E-state index contributed by atoms with van der Waals surface area (Å²) in [5.74, 6) is -0.752. The van der Waals surface area contributed by atoms with E-state index >= 15 is 0 Å². The fraction of sp³-hybridized carbons (Fsp3) is 0.150. The predicted molar refractivity (Wildman–Crippen MR) is 112 cm³/mol. The average Bonchev–Trinajstić information content (AvgIpc) is 3.16. The van der Waals surface area contributed by atoms with Gasteiger partial charge in [0.2, 0.25) is 0 Å². The third kappa shape index (κ3) is 5.25. The van der Waals surface area contributed by atoms with Crippen LogP contribution in [0.5, 0.6) is 0 Å². The van der Waals surface area contributed by atoms with Gasteiger partial charge in [-0.2, -0.15) is 5.10 Å². The van der Waals surface area contributed by atoms with Crippen molar-refractivity contribution in [1.82, 2.24) is 15.6 Å². The molecule has 0 aliphatic rings. The number of amides is 1. The number of aromatic amines is 1. The maximum absolute atomic E-state index is 12.1. The average molecular weight is 444 g/mol. The molecule has 0 aliphatic carbocycles.